The Morgan fingerprint density at radius 1 is 1.11 bits per heavy atom. The van der Waals surface area contributed by atoms with Crippen LogP contribution in [-0.2, 0) is 19.7 Å². The number of carbonyl (C=O) groups excluding carboxylic acids is 1. The van der Waals surface area contributed by atoms with Gasteiger partial charge in [0.25, 0.3) is 5.91 Å². The molecule has 0 fully saturated rings. The third-order valence-electron chi connectivity index (χ3n) is 3.96. The standard InChI is InChI=1S/C20H19Cl2N3O2/c1-2-25-12-18(22)19(24-25)11-23-20(26)15-5-3-14(4-6-15)13-27-17-9-7-16(21)8-10-17/h3-10,12H,2,11,13H2,1H3,(H,23,26). The summed E-state index contributed by atoms with van der Waals surface area (Å²) < 4.78 is 7.43. The van der Waals surface area contributed by atoms with Crippen molar-refractivity contribution in [1.29, 1.82) is 0 Å². The molecule has 0 radical (unpaired) electrons. The van der Waals surface area contributed by atoms with Crippen LogP contribution in [0.15, 0.2) is 54.7 Å². The fourth-order valence-electron chi connectivity index (χ4n) is 2.43. The number of amides is 1. The van der Waals surface area contributed by atoms with Crippen molar-refractivity contribution in [3.8, 4) is 5.75 Å². The predicted octanol–water partition coefficient (Wildman–Crippen LogP) is 4.72. The SMILES string of the molecule is CCn1cc(Cl)c(CNC(=O)c2ccc(COc3ccc(Cl)cc3)cc2)n1. The highest BCUT2D eigenvalue weighted by Gasteiger charge is 2.10. The lowest BCUT2D eigenvalue weighted by atomic mass is 10.1. The van der Waals surface area contributed by atoms with Crippen LogP contribution in [0.5, 0.6) is 5.75 Å². The number of aromatic nitrogens is 2. The van der Waals surface area contributed by atoms with Crippen LogP contribution in [0.4, 0.5) is 0 Å². The Labute approximate surface area is 167 Å². The Hall–Kier alpha value is -2.50. The van der Waals surface area contributed by atoms with E-state index in [0.29, 0.717) is 27.9 Å². The molecule has 0 atom stereocenters. The maximum Gasteiger partial charge on any atom is 0.251 e. The second-order valence-electron chi connectivity index (χ2n) is 5.90. The van der Waals surface area contributed by atoms with Gasteiger partial charge in [0.1, 0.15) is 18.1 Å². The van der Waals surface area contributed by atoms with Crippen LogP contribution < -0.4 is 10.1 Å². The maximum absolute atomic E-state index is 12.3. The molecule has 1 amide bonds. The quantitative estimate of drug-likeness (QED) is 0.620. The van der Waals surface area contributed by atoms with Gasteiger partial charge in [-0.1, -0.05) is 35.3 Å². The summed E-state index contributed by atoms with van der Waals surface area (Å²) in [4.78, 5) is 12.3. The number of carbonyl (C=O) groups is 1. The molecule has 1 heterocycles. The van der Waals surface area contributed by atoms with Gasteiger partial charge in [0.15, 0.2) is 0 Å². The van der Waals surface area contributed by atoms with E-state index in [1.807, 2.05) is 31.2 Å². The molecular weight excluding hydrogens is 385 g/mol. The zero-order valence-corrected chi connectivity index (χ0v) is 16.3. The van der Waals surface area contributed by atoms with Crippen LogP contribution in [0.1, 0.15) is 28.5 Å². The van der Waals surface area contributed by atoms with E-state index in [1.54, 1.807) is 35.1 Å². The Balaban J connectivity index is 1.53. The van der Waals surface area contributed by atoms with Gasteiger partial charge in [-0.25, -0.2) is 0 Å². The summed E-state index contributed by atoms with van der Waals surface area (Å²) >= 11 is 12.0. The molecular formula is C20H19Cl2N3O2. The van der Waals surface area contributed by atoms with Crippen LogP contribution >= 0.6 is 23.2 Å². The van der Waals surface area contributed by atoms with Crippen molar-refractivity contribution in [2.24, 2.45) is 0 Å². The summed E-state index contributed by atoms with van der Waals surface area (Å²) in [6.07, 6.45) is 1.75. The number of hydrogen-bond acceptors (Lipinski definition) is 3. The fourth-order valence-corrected chi connectivity index (χ4v) is 2.78. The molecule has 27 heavy (non-hydrogen) atoms. The van der Waals surface area contributed by atoms with E-state index in [1.165, 1.54) is 0 Å². The highest BCUT2D eigenvalue weighted by Crippen LogP contribution is 2.17. The highest BCUT2D eigenvalue weighted by atomic mass is 35.5. The Morgan fingerprint density at radius 2 is 1.81 bits per heavy atom. The minimum Gasteiger partial charge on any atom is -0.489 e. The third kappa shape index (κ3) is 5.25. The number of benzene rings is 2. The normalized spacial score (nSPS) is 10.6. The van der Waals surface area contributed by atoms with Crippen molar-refractivity contribution in [3.63, 3.8) is 0 Å². The van der Waals surface area contributed by atoms with E-state index in [4.69, 9.17) is 27.9 Å². The summed E-state index contributed by atoms with van der Waals surface area (Å²) in [6, 6.07) is 14.4. The first-order chi connectivity index (χ1) is 13.0. The first-order valence-corrected chi connectivity index (χ1v) is 9.28. The van der Waals surface area contributed by atoms with Crippen LogP contribution in [0.2, 0.25) is 10.0 Å². The lowest BCUT2D eigenvalue weighted by molar-refractivity contribution is 0.0950. The summed E-state index contributed by atoms with van der Waals surface area (Å²) in [5.74, 6) is 0.562. The molecule has 7 heteroatoms. The van der Waals surface area contributed by atoms with E-state index < -0.39 is 0 Å². The molecule has 0 unspecified atom stereocenters. The van der Waals surface area contributed by atoms with Gasteiger partial charge in [-0.3, -0.25) is 9.48 Å². The van der Waals surface area contributed by atoms with Gasteiger partial charge in [0, 0.05) is 23.3 Å². The van der Waals surface area contributed by atoms with E-state index in [-0.39, 0.29) is 12.5 Å². The Kier molecular flexibility index (Phi) is 6.37. The lowest BCUT2D eigenvalue weighted by Gasteiger charge is -2.08. The highest BCUT2D eigenvalue weighted by molar-refractivity contribution is 6.31. The molecule has 0 spiro atoms. The Morgan fingerprint density at radius 3 is 2.44 bits per heavy atom. The number of aryl methyl sites for hydroxylation is 1. The molecule has 1 N–H and O–H groups in total. The summed E-state index contributed by atoms with van der Waals surface area (Å²) in [7, 11) is 0. The molecule has 0 aliphatic rings. The average Bonchev–Trinajstić information content (AvgIpc) is 3.06. The second kappa shape index (κ2) is 8.93. The largest absolute Gasteiger partial charge is 0.489 e. The first kappa shape index (κ1) is 19.3. The number of hydrogen-bond donors (Lipinski definition) is 1. The predicted molar refractivity (Wildman–Crippen MR) is 106 cm³/mol. The van der Waals surface area contributed by atoms with Gasteiger partial charge in [0.2, 0.25) is 0 Å². The summed E-state index contributed by atoms with van der Waals surface area (Å²) in [6.45, 7) is 3.40. The maximum atomic E-state index is 12.3. The zero-order valence-electron chi connectivity index (χ0n) is 14.8. The molecule has 0 aliphatic carbocycles. The van der Waals surface area contributed by atoms with Crippen LogP contribution in [0, 0.1) is 0 Å². The molecule has 3 rings (SSSR count). The number of nitrogens with zero attached hydrogens (tertiary/aromatic N) is 2. The second-order valence-corrected chi connectivity index (χ2v) is 6.75. The van der Waals surface area contributed by atoms with Crippen molar-refractivity contribution in [2.45, 2.75) is 26.6 Å². The van der Waals surface area contributed by atoms with Gasteiger partial charge in [-0.2, -0.15) is 5.10 Å². The summed E-state index contributed by atoms with van der Waals surface area (Å²) in [5, 5.41) is 8.36. The molecule has 1 aromatic heterocycles. The number of halogens is 2. The molecule has 5 nitrogen and oxygen atoms in total. The van der Waals surface area contributed by atoms with Crippen molar-refractivity contribution >= 4 is 29.1 Å². The molecule has 2 aromatic carbocycles. The number of nitrogens with one attached hydrogen (secondary N) is 1. The smallest absolute Gasteiger partial charge is 0.251 e. The van der Waals surface area contributed by atoms with Crippen molar-refractivity contribution in [1.82, 2.24) is 15.1 Å². The monoisotopic (exact) mass is 403 g/mol. The van der Waals surface area contributed by atoms with Crippen LogP contribution in [0.25, 0.3) is 0 Å². The van der Waals surface area contributed by atoms with E-state index in [2.05, 4.69) is 10.4 Å². The molecule has 0 saturated heterocycles. The molecule has 140 valence electrons. The first-order valence-electron chi connectivity index (χ1n) is 8.52. The van der Waals surface area contributed by atoms with Crippen molar-refractivity contribution < 1.29 is 9.53 Å². The van der Waals surface area contributed by atoms with Gasteiger partial charge in [-0.05, 0) is 48.9 Å². The van der Waals surface area contributed by atoms with Gasteiger partial charge in [0.05, 0.1) is 11.6 Å². The molecule has 0 saturated carbocycles. The van der Waals surface area contributed by atoms with Gasteiger partial charge < -0.3 is 10.1 Å². The van der Waals surface area contributed by atoms with Crippen LogP contribution in [-0.4, -0.2) is 15.7 Å². The van der Waals surface area contributed by atoms with Crippen molar-refractivity contribution in [2.75, 3.05) is 0 Å². The topological polar surface area (TPSA) is 56.2 Å². The van der Waals surface area contributed by atoms with Gasteiger partial charge >= 0.3 is 0 Å². The van der Waals surface area contributed by atoms with E-state index in [9.17, 15) is 4.79 Å². The summed E-state index contributed by atoms with van der Waals surface area (Å²) in [5.41, 5.74) is 2.18. The zero-order chi connectivity index (χ0) is 19.2. The average molecular weight is 404 g/mol. The molecule has 0 bridgehead atoms. The van der Waals surface area contributed by atoms with Crippen molar-refractivity contribution in [3.05, 3.63) is 81.6 Å². The minimum atomic E-state index is -0.178. The number of rotatable bonds is 7. The fraction of sp³-hybridized carbons (Fsp3) is 0.200. The molecule has 0 aliphatic heterocycles. The van der Waals surface area contributed by atoms with Crippen LogP contribution in [0.3, 0.4) is 0 Å². The Bertz CT molecular complexity index is 906. The number of ether oxygens (including phenoxy) is 1. The lowest BCUT2D eigenvalue weighted by Crippen LogP contribution is -2.23. The molecule has 3 aromatic rings. The third-order valence-corrected chi connectivity index (χ3v) is 4.53. The minimum absolute atomic E-state index is 0.178. The van der Waals surface area contributed by atoms with E-state index >= 15 is 0 Å². The van der Waals surface area contributed by atoms with Gasteiger partial charge in [-0.15, -0.1) is 0 Å². The van der Waals surface area contributed by atoms with E-state index in [0.717, 1.165) is 17.9 Å².